The largest absolute Gasteiger partial charge is 0.480 e. The number of rotatable bonds is 14. The van der Waals surface area contributed by atoms with Gasteiger partial charge in [0.25, 0.3) is 0 Å². The normalized spacial score (nSPS) is 14.9. The molecule has 194 valence electrons. The molecule has 0 amide bonds. The van der Waals surface area contributed by atoms with Crippen LogP contribution in [0.3, 0.4) is 0 Å². The molecule has 0 unspecified atom stereocenters. The molecule has 0 bridgehead atoms. The maximum atomic E-state index is 12.0. The van der Waals surface area contributed by atoms with Crippen LogP contribution < -0.4 is 10.6 Å². The number of anilines is 2. The molecule has 3 N–H and O–H groups in total. The Morgan fingerprint density at radius 2 is 2.17 bits per heavy atom. The van der Waals surface area contributed by atoms with Gasteiger partial charge in [0.05, 0.1) is 16.3 Å². The number of unbranched alkanes of at least 4 members (excludes halogenated alkanes) is 1. The van der Waals surface area contributed by atoms with Crippen LogP contribution in [-0.4, -0.2) is 76.4 Å². The fourth-order valence-corrected chi connectivity index (χ4v) is 5.31. The quantitative estimate of drug-likeness (QED) is 0.275. The summed E-state index contributed by atoms with van der Waals surface area (Å²) in [4.78, 5) is 27.7. The number of methoxy groups -OCH3 is 1. The van der Waals surface area contributed by atoms with Gasteiger partial charge in [-0.15, -0.1) is 11.3 Å². The first kappa shape index (κ1) is 26.2. The van der Waals surface area contributed by atoms with E-state index >= 15 is 0 Å². The number of aliphatic carboxylic acids is 1. The third-order valence-corrected chi connectivity index (χ3v) is 7.52. The van der Waals surface area contributed by atoms with Crippen molar-refractivity contribution in [3.8, 4) is 0 Å². The number of aromatic nitrogens is 3. The Morgan fingerprint density at radius 1 is 1.28 bits per heavy atom. The summed E-state index contributed by atoms with van der Waals surface area (Å²) in [5, 5.41) is 18.3. The van der Waals surface area contributed by atoms with E-state index in [-0.39, 0.29) is 6.10 Å². The molecular weight excluding hydrogens is 476 g/mol. The van der Waals surface area contributed by atoms with Crippen LogP contribution in [0.2, 0.25) is 0 Å². The van der Waals surface area contributed by atoms with Crippen molar-refractivity contribution in [1.82, 2.24) is 19.9 Å². The molecule has 0 aliphatic carbocycles. The van der Waals surface area contributed by atoms with Crippen molar-refractivity contribution in [2.24, 2.45) is 0 Å². The van der Waals surface area contributed by atoms with Gasteiger partial charge in [-0.1, -0.05) is 6.07 Å². The molecule has 2 atom stereocenters. The second-order valence-electron chi connectivity index (χ2n) is 9.33. The number of nitrogens with one attached hydrogen (secondary N) is 2. The minimum absolute atomic E-state index is 0.0715. The lowest BCUT2D eigenvalue weighted by atomic mass is 10.1. The standard InChI is InChI=1S/C26H36N6O3S/c1-18(35-2)16-32(13-4-3-7-20-9-8-19-6-5-12-27-24(19)30-20)14-10-22(26(33)34)31-25-23-21(11-15-36-23)28-17-29-25/h8-9,11,15,17-18,22H,3-7,10,12-14,16H2,1-2H3,(H,27,30)(H,33,34)(H,28,29,31)/t18-,22+/m1/s1. The van der Waals surface area contributed by atoms with Crippen LogP contribution in [0.25, 0.3) is 10.2 Å². The lowest BCUT2D eigenvalue weighted by Crippen LogP contribution is -2.38. The molecule has 1 aliphatic rings. The zero-order chi connectivity index (χ0) is 25.3. The van der Waals surface area contributed by atoms with Crippen molar-refractivity contribution in [3.63, 3.8) is 0 Å². The summed E-state index contributed by atoms with van der Waals surface area (Å²) in [5.74, 6) is 0.737. The monoisotopic (exact) mass is 512 g/mol. The first-order valence-electron chi connectivity index (χ1n) is 12.7. The van der Waals surface area contributed by atoms with E-state index in [4.69, 9.17) is 9.72 Å². The number of hydrogen-bond acceptors (Lipinski definition) is 9. The summed E-state index contributed by atoms with van der Waals surface area (Å²) < 4.78 is 6.37. The molecule has 0 spiro atoms. The highest BCUT2D eigenvalue weighted by molar-refractivity contribution is 7.17. The second kappa shape index (κ2) is 12.9. The molecule has 0 saturated heterocycles. The van der Waals surface area contributed by atoms with Gasteiger partial charge in [-0.3, -0.25) is 0 Å². The third-order valence-electron chi connectivity index (χ3n) is 6.61. The minimum Gasteiger partial charge on any atom is -0.480 e. The van der Waals surface area contributed by atoms with Crippen LogP contribution in [0.5, 0.6) is 0 Å². The van der Waals surface area contributed by atoms with Crippen molar-refractivity contribution in [2.75, 3.05) is 43.9 Å². The van der Waals surface area contributed by atoms with Crippen LogP contribution in [0.1, 0.15) is 43.9 Å². The Morgan fingerprint density at radius 3 is 3.00 bits per heavy atom. The van der Waals surface area contributed by atoms with Gasteiger partial charge in [-0.2, -0.15) is 0 Å². The maximum absolute atomic E-state index is 12.0. The molecule has 1 aliphatic heterocycles. The van der Waals surface area contributed by atoms with E-state index < -0.39 is 12.0 Å². The molecule has 0 radical (unpaired) electrons. The first-order chi connectivity index (χ1) is 17.5. The van der Waals surface area contributed by atoms with E-state index in [2.05, 4.69) is 37.6 Å². The predicted molar refractivity (Wildman–Crippen MR) is 144 cm³/mol. The molecule has 0 saturated carbocycles. The van der Waals surface area contributed by atoms with Crippen LogP contribution in [0.15, 0.2) is 29.9 Å². The van der Waals surface area contributed by atoms with Gasteiger partial charge in [0.15, 0.2) is 0 Å². The van der Waals surface area contributed by atoms with Crippen LogP contribution >= 0.6 is 11.3 Å². The zero-order valence-electron chi connectivity index (χ0n) is 21.1. The van der Waals surface area contributed by atoms with Crippen LogP contribution in [-0.2, 0) is 22.4 Å². The molecule has 9 nitrogen and oxygen atoms in total. The molecule has 4 heterocycles. The van der Waals surface area contributed by atoms with Gasteiger partial charge in [0.1, 0.15) is 24.0 Å². The highest BCUT2D eigenvalue weighted by Crippen LogP contribution is 2.26. The third kappa shape index (κ3) is 7.11. The van der Waals surface area contributed by atoms with Gasteiger partial charge >= 0.3 is 5.97 Å². The Hall–Kier alpha value is -2.82. The number of ether oxygens (including phenoxy) is 1. The number of fused-ring (bicyclic) bond motifs is 2. The Kier molecular flexibility index (Phi) is 9.43. The average Bonchev–Trinajstić information content (AvgIpc) is 3.38. The summed E-state index contributed by atoms with van der Waals surface area (Å²) in [6.45, 7) is 5.33. The Labute approximate surface area is 216 Å². The number of carbonyl (C=O) groups is 1. The molecule has 3 aromatic heterocycles. The van der Waals surface area contributed by atoms with Gasteiger partial charge in [0.2, 0.25) is 0 Å². The number of thiophene rings is 1. The van der Waals surface area contributed by atoms with Crippen molar-refractivity contribution in [1.29, 1.82) is 0 Å². The lowest BCUT2D eigenvalue weighted by molar-refractivity contribution is -0.138. The summed E-state index contributed by atoms with van der Waals surface area (Å²) >= 11 is 1.51. The van der Waals surface area contributed by atoms with E-state index in [1.807, 2.05) is 18.4 Å². The molecule has 36 heavy (non-hydrogen) atoms. The van der Waals surface area contributed by atoms with Crippen LogP contribution in [0.4, 0.5) is 11.6 Å². The smallest absolute Gasteiger partial charge is 0.326 e. The van der Waals surface area contributed by atoms with Gasteiger partial charge in [0, 0.05) is 32.4 Å². The van der Waals surface area contributed by atoms with E-state index in [1.54, 1.807) is 7.11 Å². The molecular formula is C26H36N6O3S. The van der Waals surface area contributed by atoms with Crippen molar-refractivity contribution >= 4 is 39.2 Å². The fourth-order valence-electron chi connectivity index (χ4n) is 4.51. The van der Waals surface area contributed by atoms with Crippen molar-refractivity contribution < 1.29 is 14.6 Å². The van der Waals surface area contributed by atoms with E-state index in [1.165, 1.54) is 29.6 Å². The van der Waals surface area contributed by atoms with E-state index in [0.717, 1.165) is 67.0 Å². The summed E-state index contributed by atoms with van der Waals surface area (Å²) in [6, 6.07) is 5.53. The van der Waals surface area contributed by atoms with E-state index in [0.29, 0.717) is 18.8 Å². The molecule has 0 aromatic carbocycles. The van der Waals surface area contributed by atoms with Crippen molar-refractivity contribution in [2.45, 2.75) is 57.6 Å². The Bertz CT molecular complexity index is 1140. The highest BCUT2D eigenvalue weighted by atomic mass is 32.1. The van der Waals surface area contributed by atoms with Crippen LogP contribution in [0, 0.1) is 0 Å². The fraction of sp³-hybridized carbons (Fsp3) is 0.538. The average molecular weight is 513 g/mol. The predicted octanol–water partition coefficient (Wildman–Crippen LogP) is 4.06. The van der Waals surface area contributed by atoms with E-state index in [9.17, 15) is 9.90 Å². The zero-order valence-corrected chi connectivity index (χ0v) is 21.9. The lowest BCUT2D eigenvalue weighted by Gasteiger charge is -2.27. The maximum Gasteiger partial charge on any atom is 0.326 e. The summed E-state index contributed by atoms with van der Waals surface area (Å²) in [5.41, 5.74) is 3.26. The van der Waals surface area contributed by atoms with Gasteiger partial charge < -0.3 is 25.4 Å². The first-order valence-corrected chi connectivity index (χ1v) is 13.6. The van der Waals surface area contributed by atoms with Gasteiger partial charge in [-0.25, -0.2) is 19.7 Å². The summed E-state index contributed by atoms with van der Waals surface area (Å²) in [7, 11) is 1.71. The number of nitrogens with zero attached hydrogens (tertiary/aromatic N) is 4. The number of carboxylic acid groups (broad SMARTS) is 1. The highest BCUT2D eigenvalue weighted by Gasteiger charge is 2.21. The number of hydrogen-bond donors (Lipinski definition) is 3. The topological polar surface area (TPSA) is 113 Å². The summed E-state index contributed by atoms with van der Waals surface area (Å²) in [6.07, 6.45) is 7.24. The molecule has 4 rings (SSSR count). The number of aryl methyl sites for hydroxylation is 2. The molecule has 10 heteroatoms. The SMILES string of the molecule is CO[C@H](C)CN(CCCCc1ccc2c(n1)NCCC2)CC[C@H](Nc1ncnc2ccsc12)C(=O)O. The van der Waals surface area contributed by atoms with Gasteiger partial charge in [-0.05, 0) is 75.1 Å². The minimum atomic E-state index is -0.884. The number of pyridine rings is 1. The molecule has 3 aromatic rings. The van der Waals surface area contributed by atoms with Crippen molar-refractivity contribution in [3.05, 3.63) is 41.2 Å². The Balaban J connectivity index is 1.30. The number of carboxylic acids is 1. The molecule has 0 fully saturated rings. The second-order valence-corrected chi connectivity index (χ2v) is 10.2.